The van der Waals surface area contributed by atoms with Gasteiger partial charge in [0, 0.05) is 57.8 Å². The van der Waals surface area contributed by atoms with E-state index in [-0.39, 0.29) is 70.6 Å². The molecule has 291 valence electrons. The summed E-state index contributed by atoms with van der Waals surface area (Å²) in [6.07, 6.45) is -17.6. The predicted octanol–water partition coefficient (Wildman–Crippen LogP) is 5.98. The van der Waals surface area contributed by atoms with Crippen LogP contribution in [0.15, 0.2) is 12.3 Å². The van der Waals surface area contributed by atoms with Gasteiger partial charge in [-0.25, -0.2) is 4.79 Å². The van der Waals surface area contributed by atoms with Gasteiger partial charge in [-0.15, -0.1) is 0 Å². The number of rotatable bonds is 19. The molecule has 0 saturated carbocycles. The van der Waals surface area contributed by atoms with Crippen LogP contribution in [0.2, 0.25) is 0 Å². The summed E-state index contributed by atoms with van der Waals surface area (Å²) in [6, 6.07) is 0. The Hall–Kier alpha value is -0.544. The van der Waals surface area contributed by atoms with Crippen LogP contribution in [-0.4, -0.2) is 156 Å². The van der Waals surface area contributed by atoms with Crippen LogP contribution >= 0.6 is 0 Å². The zero-order chi connectivity index (χ0) is 38.7. The van der Waals surface area contributed by atoms with Crippen molar-refractivity contribution in [1.29, 1.82) is 0 Å². The molecule has 7 nitrogen and oxygen atoms in total. The van der Waals surface area contributed by atoms with Crippen LogP contribution in [0.3, 0.4) is 0 Å². The van der Waals surface area contributed by atoms with Crippen LogP contribution in [0.5, 0.6) is 0 Å². The molecule has 1 rings (SSSR count). The van der Waals surface area contributed by atoms with Crippen molar-refractivity contribution >= 4 is 57.4 Å². The molecule has 0 aromatic carbocycles. The summed E-state index contributed by atoms with van der Waals surface area (Å²) in [5.41, 5.74) is 0. The van der Waals surface area contributed by atoms with Gasteiger partial charge in [0.2, 0.25) is 0 Å². The third kappa shape index (κ3) is 9.76. The second-order valence-corrected chi connectivity index (χ2v) is 10.9. The fourth-order valence-electron chi connectivity index (χ4n) is 4.18. The molecule has 0 bridgehead atoms. The van der Waals surface area contributed by atoms with E-state index in [4.69, 9.17) is 0 Å². The second-order valence-electron chi connectivity index (χ2n) is 10.9. The van der Waals surface area contributed by atoms with Crippen molar-refractivity contribution < 1.29 is 109 Å². The average molecular weight is 804 g/mol. The van der Waals surface area contributed by atoms with Crippen LogP contribution in [0.25, 0.3) is 0 Å². The first kappa shape index (κ1) is 49.5. The third-order valence-corrected chi connectivity index (χ3v) is 7.26. The molecule has 25 heteroatoms. The molecule has 1 radical (unpaired) electrons. The molecule has 0 aromatic heterocycles. The molecule has 0 aliphatic carbocycles. The van der Waals surface area contributed by atoms with E-state index >= 15 is 0 Å². The number of alkyl halides is 17. The standard InChI is InChI=1S/C25H29F17O7.K/c26-18(27,19(28,29)20(30,31)21(32,33)22(34,35)23(36,37)24(38,39)25(40,41)42)10-8-6-4-2-1-3-5-7-9-11-48-16(46)14(45)15-12(43)13(44)17(47)49-15;/h9,11-15,17,43-45,47H,1-8,10H2;/t12-,13-,14+,15+,17-;/m1./s1. The van der Waals surface area contributed by atoms with Crippen LogP contribution < -0.4 is 0 Å². The van der Waals surface area contributed by atoms with E-state index in [1.807, 2.05) is 0 Å². The average Bonchev–Trinajstić information content (AvgIpc) is 3.22. The maximum Gasteiger partial charge on any atom is 0.460 e. The SMILES string of the molecule is O=C(OC=CCCCCCCCCCC(F)(F)C(F)(F)C(F)(F)C(F)(F)C(F)(F)C(F)(F)C(F)(F)C(F)(F)F)[C@@H](O)[C@H]1O[C@@H](O)[C@H](O)[C@H]1O.[K]. The van der Waals surface area contributed by atoms with Gasteiger partial charge in [0.25, 0.3) is 0 Å². The molecule has 1 saturated heterocycles. The topological polar surface area (TPSA) is 116 Å². The summed E-state index contributed by atoms with van der Waals surface area (Å²) in [6.45, 7) is 0. The number of allylic oxidation sites excluding steroid dienone is 1. The molecule has 0 amide bonds. The Labute approximate surface area is 313 Å². The smallest absolute Gasteiger partial charge is 0.433 e. The van der Waals surface area contributed by atoms with E-state index in [0.717, 1.165) is 6.26 Å². The van der Waals surface area contributed by atoms with E-state index in [1.54, 1.807) is 0 Å². The van der Waals surface area contributed by atoms with Crippen molar-refractivity contribution in [2.75, 3.05) is 0 Å². The van der Waals surface area contributed by atoms with E-state index in [9.17, 15) is 99.9 Å². The zero-order valence-electron chi connectivity index (χ0n) is 25.3. The molecule has 0 spiro atoms. The van der Waals surface area contributed by atoms with Crippen molar-refractivity contribution in [3.05, 3.63) is 12.3 Å². The van der Waals surface area contributed by atoms with Crippen molar-refractivity contribution in [1.82, 2.24) is 0 Å². The van der Waals surface area contributed by atoms with Gasteiger partial charge in [-0.2, -0.15) is 74.6 Å². The molecule has 4 N–H and O–H groups in total. The maximum atomic E-state index is 13.9. The summed E-state index contributed by atoms with van der Waals surface area (Å²) in [5.74, 6) is -57.6. The fourth-order valence-corrected chi connectivity index (χ4v) is 4.18. The maximum absolute atomic E-state index is 13.9. The Morgan fingerprint density at radius 1 is 0.620 bits per heavy atom. The molecule has 1 aliphatic rings. The molecular weight excluding hydrogens is 774 g/mol. The van der Waals surface area contributed by atoms with Gasteiger partial charge >= 0.3 is 53.6 Å². The van der Waals surface area contributed by atoms with Crippen LogP contribution in [0.1, 0.15) is 57.8 Å². The normalized spacial score (nSPS) is 22.5. The number of esters is 1. The number of ether oxygens (including phenoxy) is 2. The molecule has 1 heterocycles. The Morgan fingerprint density at radius 2 is 1.02 bits per heavy atom. The number of aliphatic hydroxyl groups excluding tert-OH is 4. The van der Waals surface area contributed by atoms with Crippen molar-refractivity contribution in [3.63, 3.8) is 0 Å². The van der Waals surface area contributed by atoms with E-state index in [0.29, 0.717) is 19.3 Å². The summed E-state index contributed by atoms with van der Waals surface area (Å²) in [5, 5.41) is 38.0. The molecule has 50 heavy (non-hydrogen) atoms. The number of carbonyl (C=O) groups is 1. The number of aliphatic hydroxyl groups is 4. The number of hydrogen-bond acceptors (Lipinski definition) is 7. The molecule has 1 aliphatic heterocycles. The first-order valence-electron chi connectivity index (χ1n) is 13.8. The molecule has 5 atom stereocenters. The molecule has 0 aromatic rings. The molecular formula is C25H29F17KO7. The monoisotopic (exact) mass is 803 g/mol. The van der Waals surface area contributed by atoms with Crippen molar-refractivity contribution in [2.45, 2.75) is 136 Å². The second kappa shape index (κ2) is 17.7. The summed E-state index contributed by atoms with van der Waals surface area (Å²) >= 11 is 0. The minimum atomic E-state index is -8.64. The van der Waals surface area contributed by atoms with E-state index < -0.39 is 104 Å². The van der Waals surface area contributed by atoms with Crippen molar-refractivity contribution in [3.8, 4) is 0 Å². The summed E-state index contributed by atoms with van der Waals surface area (Å²) in [4.78, 5) is 11.7. The Morgan fingerprint density at radius 3 is 1.44 bits per heavy atom. The van der Waals surface area contributed by atoms with E-state index in [2.05, 4.69) is 9.47 Å². The number of hydrogen-bond donors (Lipinski definition) is 4. The molecule has 0 unspecified atom stereocenters. The number of carbonyl (C=O) groups excluding carboxylic acids is 1. The van der Waals surface area contributed by atoms with Gasteiger partial charge in [0.05, 0.1) is 6.26 Å². The molecule has 1 fully saturated rings. The van der Waals surface area contributed by atoms with Crippen LogP contribution in [0.4, 0.5) is 74.6 Å². The van der Waals surface area contributed by atoms with Gasteiger partial charge in [-0.05, 0) is 25.3 Å². The number of unbranched alkanes of at least 4 members (excludes halogenated alkanes) is 7. The third-order valence-electron chi connectivity index (χ3n) is 7.26. The summed E-state index contributed by atoms with van der Waals surface area (Å²) in [7, 11) is 0. The first-order chi connectivity index (χ1) is 21.9. The van der Waals surface area contributed by atoms with Gasteiger partial charge in [0.15, 0.2) is 12.4 Å². The minimum absolute atomic E-state index is 0. The van der Waals surface area contributed by atoms with Gasteiger partial charge in [-0.1, -0.05) is 32.1 Å². The van der Waals surface area contributed by atoms with Gasteiger partial charge in [-0.3, -0.25) is 0 Å². The largest absolute Gasteiger partial charge is 0.460 e. The minimum Gasteiger partial charge on any atom is -0.433 e. The number of halogens is 17. The van der Waals surface area contributed by atoms with E-state index in [1.165, 1.54) is 6.08 Å². The predicted molar refractivity (Wildman–Crippen MR) is 132 cm³/mol. The van der Waals surface area contributed by atoms with Crippen LogP contribution in [-0.2, 0) is 14.3 Å². The fraction of sp³-hybridized carbons (Fsp3) is 0.880. The summed E-state index contributed by atoms with van der Waals surface area (Å²) < 4.78 is 235. The quantitative estimate of drug-likeness (QED) is 0.0418. The van der Waals surface area contributed by atoms with Gasteiger partial charge < -0.3 is 29.9 Å². The Bertz CT molecular complexity index is 1120. The zero-order valence-corrected chi connectivity index (χ0v) is 28.5. The Balaban J connectivity index is 0.0000240. The van der Waals surface area contributed by atoms with Gasteiger partial charge in [0.1, 0.15) is 18.3 Å². The van der Waals surface area contributed by atoms with Crippen LogP contribution in [0, 0.1) is 0 Å². The first-order valence-corrected chi connectivity index (χ1v) is 13.8. The Kier molecular flexibility index (Phi) is 17.5. The van der Waals surface area contributed by atoms with Crippen molar-refractivity contribution in [2.24, 2.45) is 0 Å².